The number of fused-ring (bicyclic) bond motifs is 1. The standard InChI is InChI=1S/C13H16O2/c1-10-6-7-13(15-10)8-11-4-2-3-5-12(11)9-14-13/h2-5,10H,6-9H2,1H3/t10-,13-/m1/s1. The highest BCUT2D eigenvalue weighted by molar-refractivity contribution is 5.29. The first kappa shape index (κ1) is 9.37. The predicted molar refractivity (Wildman–Crippen MR) is 57.4 cm³/mol. The van der Waals surface area contributed by atoms with Crippen LogP contribution in [0.25, 0.3) is 0 Å². The van der Waals surface area contributed by atoms with Gasteiger partial charge in [0.1, 0.15) is 0 Å². The van der Waals surface area contributed by atoms with Gasteiger partial charge >= 0.3 is 0 Å². The van der Waals surface area contributed by atoms with Crippen LogP contribution in [0, 0.1) is 0 Å². The molecule has 2 atom stereocenters. The molecule has 3 rings (SSSR count). The van der Waals surface area contributed by atoms with E-state index < -0.39 is 0 Å². The van der Waals surface area contributed by atoms with Gasteiger partial charge in [-0.3, -0.25) is 0 Å². The monoisotopic (exact) mass is 204 g/mol. The Bertz CT molecular complexity index is 375. The minimum absolute atomic E-state index is 0.312. The zero-order valence-electron chi connectivity index (χ0n) is 9.03. The molecule has 2 heterocycles. The van der Waals surface area contributed by atoms with Gasteiger partial charge in [0, 0.05) is 12.8 Å². The maximum Gasteiger partial charge on any atom is 0.173 e. The van der Waals surface area contributed by atoms with Crippen molar-refractivity contribution in [2.24, 2.45) is 0 Å². The first-order valence-electron chi connectivity index (χ1n) is 5.66. The largest absolute Gasteiger partial charge is 0.347 e. The van der Waals surface area contributed by atoms with E-state index in [1.807, 2.05) is 0 Å². The van der Waals surface area contributed by atoms with Crippen LogP contribution in [-0.4, -0.2) is 11.9 Å². The fourth-order valence-electron chi connectivity index (χ4n) is 2.57. The van der Waals surface area contributed by atoms with Crippen LogP contribution in [0.4, 0.5) is 0 Å². The minimum Gasteiger partial charge on any atom is -0.347 e. The molecule has 1 spiro atoms. The van der Waals surface area contributed by atoms with E-state index in [-0.39, 0.29) is 5.79 Å². The average Bonchev–Trinajstić information content (AvgIpc) is 2.60. The Hall–Kier alpha value is -0.860. The van der Waals surface area contributed by atoms with Gasteiger partial charge in [0.05, 0.1) is 12.7 Å². The molecule has 0 aliphatic carbocycles. The predicted octanol–water partition coefficient (Wildman–Crippen LogP) is 2.65. The lowest BCUT2D eigenvalue weighted by Crippen LogP contribution is -2.38. The van der Waals surface area contributed by atoms with Gasteiger partial charge in [0.15, 0.2) is 5.79 Å². The van der Waals surface area contributed by atoms with Crippen LogP contribution >= 0.6 is 0 Å². The summed E-state index contributed by atoms with van der Waals surface area (Å²) in [5, 5.41) is 0. The minimum atomic E-state index is -0.312. The summed E-state index contributed by atoms with van der Waals surface area (Å²) in [7, 11) is 0. The van der Waals surface area contributed by atoms with Crippen molar-refractivity contribution in [3.63, 3.8) is 0 Å². The molecule has 2 aliphatic heterocycles. The van der Waals surface area contributed by atoms with Crippen molar-refractivity contribution in [2.45, 2.75) is 44.7 Å². The number of benzene rings is 1. The van der Waals surface area contributed by atoms with Crippen molar-refractivity contribution < 1.29 is 9.47 Å². The smallest absolute Gasteiger partial charge is 0.173 e. The highest BCUT2D eigenvalue weighted by Gasteiger charge is 2.42. The first-order chi connectivity index (χ1) is 7.27. The SMILES string of the molecule is C[C@@H]1CC[C@]2(Cc3ccccc3CO2)O1. The maximum atomic E-state index is 5.92. The fourth-order valence-corrected chi connectivity index (χ4v) is 2.57. The van der Waals surface area contributed by atoms with Crippen LogP contribution in [0.1, 0.15) is 30.9 Å². The van der Waals surface area contributed by atoms with Crippen molar-refractivity contribution in [1.29, 1.82) is 0 Å². The molecule has 1 saturated heterocycles. The molecule has 0 unspecified atom stereocenters. The van der Waals surface area contributed by atoms with Crippen LogP contribution in [0.15, 0.2) is 24.3 Å². The van der Waals surface area contributed by atoms with Crippen LogP contribution in [-0.2, 0) is 22.5 Å². The Balaban J connectivity index is 1.89. The van der Waals surface area contributed by atoms with Gasteiger partial charge in [-0.1, -0.05) is 24.3 Å². The second-order valence-corrected chi connectivity index (χ2v) is 4.61. The maximum absolute atomic E-state index is 5.92. The summed E-state index contributed by atoms with van der Waals surface area (Å²) < 4.78 is 11.8. The van der Waals surface area contributed by atoms with Gasteiger partial charge in [-0.25, -0.2) is 0 Å². The number of hydrogen-bond acceptors (Lipinski definition) is 2. The summed E-state index contributed by atoms with van der Waals surface area (Å²) >= 11 is 0. The normalized spacial score (nSPS) is 34.3. The van der Waals surface area contributed by atoms with Gasteiger partial charge < -0.3 is 9.47 Å². The van der Waals surface area contributed by atoms with E-state index in [1.165, 1.54) is 11.1 Å². The molecule has 0 bridgehead atoms. The fraction of sp³-hybridized carbons (Fsp3) is 0.538. The van der Waals surface area contributed by atoms with Crippen molar-refractivity contribution in [3.05, 3.63) is 35.4 Å². The lowest BCUT2D eigenvalue weighted by Gasteiger charge is -2.34. The molecule has 80 valence electrons. The molecule has 0 saturated carbocycles. The second kappa shape index (κ2) is 3.32. The van der Waals surface area contributed by atoms with E-state index in [4.69, 9.17) is 9.47 Å². The van der Waals surface area contributed by atoms with Gasteiger partial charge in [0.25, 0.3) is 0 Å². The third-order valence-corrected chi connectivity index (χ3v) is 3.42. The molecular formula is C13H16O2. The molecule has 0 amide bonds. The van der Waals surface area contributed by atoms with E-state index in [1.54, 1.807) is 0 Å². The van der Waals surface area contributed by atoms with Crippen molar-refractivity contribution >= 4 is 0 Å². The number of rotatable bonds is 0. The van der Waals surface area contributed by atoms with Crippen LogP contribution in [0.2, 0.25) is 0 Å². The Labute approximate surface area is 90.2 Å². The lowest BCUT2D eigenvalue weighted by atomic mass is 9.95. The molecule has 2 nitrogen and oxygen atoms in total. The quantitative estimate of drug-likeness (QED) is 0.646. The first-order valence-corrected chi connectivity index (χ1v) is 5.66. The number of hydrogen-bond donors (Lipinski definition) is 0. The zero-order valence-corrected chi connectivity index (χ0v) is 9.03. The summed E-state index contributed by atoms with van der Waals surface area (Å²) in [6.07, 6.45) is 3.40. The Morgan fingerprint density at radius 3 is 2.80 bits per heavy atom. The van der Waals surface area contributed by atoms with E-state index in [9.17, 15) is 0 Å². The van der Waals surface area contributed by atoms with Crippen LogP contribution in [0.3, 0.4) is 0 Å². The van der Waals surface area contributed by atoms with Crippen LogP contribution in [0.5, 0.6) is 0 Å². The molecule has 1 aromatic rings. The molecule has 0 radical (unpaired) electrons. The summed E-state index contributed by atoms with van der Waals surface area (Å²) in [5.74, 6) is -0.312. The molecule has 1 aromatic carbocycles. The van der Waals surface area contributed by atoms with E-state index >= 15 is 0 Å². The highest BCUT2D eigenvalue weighted by Crippen LogP contribution is 2.38. The summed E-state index contributed by atoms with van der Waals surface area (Å²) in [6.45, 7) is 2.82. The van der Waals surface area contributed by atoms with Crippen LogP contribution < -0.4 is 0 Å². The third kappa shape index (κ3) is 1.58. The van der Waals surface area contributed by atoms with E-state index in [0.717, 1.165) is 19.3 Å². The summed E-state index contributed by atoms with van der Waals surface area (Å²) in [5.41, 5.74) is 2.70. The van der Waals surface area contributed by atoms with E-state index in [0.29, 0.717) is 12.7 Å². The number of ether oxygens (including phenoxy) is 2. The molecule has 2 heteroatoms. The molecule has 1 fully saturated rings. The van der Waals surface area contributed by atoms with Crippen molar-refractivity contribution in [2.75, 3.05) is 0 Å². The van der Waals surface area contributed by atoms with Gasteiger partial charge in [-0.15, -0.1) is 0 Å². The van der Waals surface area contributed by atoms with Gasteiger partial charge in [0.2, 0.25) is 0 Å². The Morgan fingerprint density at radius 1 is 1.27 bits per heavy atom. The third-order valence-electron chi connectivity index (χ3n) is 3.42. The molecule has 15 heavy (non-hydrogen) atoms. The topological polar surface area (TPSA) is 18.5 Å². The highest BCUT2D eigenvalue weighted by atomic mass is 16.7. The van der Waals surface area contributed by atoms with E-state index in [2.05, 4.69) is 31.2 Å². The Kier molecular flexibility index (Phi) is 2.08. The zero-order chi connectivity index (χ0) is 10.3. The molecule has 0 N–H and O–H groups in total. The molecular weight excluding hydrogens is 188 g/mol. The molecule has 2 aliphatic rings. The summed E-state index contributed by atoms with van der Waals surface area (Å²) in [4.78, 5) is 0. The van der Waals surface area contributed by atoms with Gasteiger partial charge in [-0.2, -0.15) is 0 Å². The Morgan fingerprint density at radius 2 is 2.07 bits per heavy atom. The average molecular weight is 204 g/mol. The summed E-state index contributed by atoms with van der Waals surface area (Å²) in [6, 6.07) is 8.49. The van der Waals surface area contributed by atoms with Crippen molar-refractivity contribution in [1.82, 2.24) is 0 Å². The lowest BCUT2D eigenvalue weighted by molar-refractivity contribution is -0.236. The second-order valence-electron chi connectivity index (χ2n) is 4.61. The van der Waals surface area contributed by atoms with Gasteiger partial charge in [-0.05, 0) is 24.5 Å². The molecule has 0 aromatic heterocycles. The van der Waals surface area contributed by atoms with Crippen molar-refractivity contribution in [3.8, 4) is 0 Å².